The maximum Gasteiger partial charge on any atom is 0.335 e. The molecule has 0 fully saturated rings. The Hall–Kier alpha value is -1.81. The molecular formula is C14H15ClN2O2. The molecule has 0 aliphatic carbocycles. The van der Waals surface area contributed by atoms with Crippen molar-refractivity contribution in [2.45, 2.75) is 26.2 Å². The fourth-order valence-corrected chi connectivity index (χ4v) is 1.90. The minimum atomic E-state index is -0.978. The average molecular weight is 279 g/mol. The Kier molecular flexibility index (Phi) is 3.37. The molecule has 4 nitrogen and oxygen atoms in total. The SMILES string of the molecule is CC(C)(C)c1cn(-c2cc(C(=O)O)ccc2Cl)cn1. The van der Waals surface area contributed by atoms with E-state index in [1.807, 2.05) is 6.20 Å². The molecule has 1 N–H and O–H groups in total. The zero-order valence-corrected chi connectivity index (χ0v) is 11.8. The van der Waals surface area contributed by atoms with E-state index in [-0.39, 0.29) is 11.0 Å². The van der Waals surface area contributed by atoms with Crippen LogP contribution in [0.3, 0.4) is 0 Å². The lowest BCUT2D eigenvalue weighted by Gasteiger charge is -2.14. The number of benzene rings is 1. The predicted molar refractivity (Wildman–Crippen MR) is 74.2 cm³/mol. The van der Waals surface area contributed by atoms with Crippen LogP contribution in [0.5, 0.6) is 0 Å². The van der Waals surface area contributed by atoms with Crippen LogP contribution < -0.4 is 0 Å². The van der Waals surface area contributed by atoms with Crippen molar-refractivity contribution in [3.05, 3.63) is 47.0 Å². The first-order valence-corrected chi connectivity index (χ1v) is 6.24. The maximum atomic E-state index is 11.0. The summed E-state index contributed by atoms with van der Waals surface area (Å²) >= 11 is 6.12. The molecule has 0 radical (unpaired) electrons. The summed E-state index contributed by atoms with van der Waals surface area (Å²) in [5.74, 6) is -0.978. The average Bonchev–Trinajstić information content (AvgIpc) is 2.78. The largest absolute Gasteiger partial charge is 0.478 e. The fraction of sp³-hybridized carbons (Fsp3) is 0.286. The number of carboxylic acids is 1. The highest BCUT2D eigenvalue weighted by molar-refractivity contribution is 6.32. The maximum absolute atomic E-state index is 11.0. The highest BCUT2D eigenvalue weighted by Gasteiger charge is 2.18. The van der Waals surface area contributed by atoms with Gasteiger partial charge in [-0.2, -0.15) is 0 Å². The smallest absolute Gasteiger partial charge is 0.335 e. The molecule has 0 saturated heterocycles. The van der Waals surface area contributed by atoms with Gasteiger partial charge in [-0.1, -0.05) is 32.4 Å². The fourth-order valence-electron chi connectivity index (χ4n) is 1.69. The van der Waals surface area contributed by atoms with Gasteiger partial charge in [0.25, 0.3) is 0 Å². The van der Waals surface area contributed by atoms with E-state index in [2.05, 4.69) is 25.8 Å². The lowest BCUT2D eigenvalue weighted by molar-refractivity contribution is 0.0697. The Morgan fingerprint density at radius 3 is 2.58 bits per heavy atom. The third-order valence-corrected chi connectivity index (χ3v) is 3.14. The number of hydrogen-bond donors (Lipinski definition) is 1. The van der Waals surface area contributed by atoms with E-state index < -0.39 is 5.97 Å². The first kappa shape index (κ1) is 13.6. The van der Waals surface area contributed by atoms with Crippen molar-refractivity contribution < 1.29 is 9.90 Å². The van der Waals surface area contributed by atoms with Crippen molar-refractivity contribution in [1.82, 2.24) is 9.55 Å². The van der Waals surface area contributed by atoms with Crippen molar-refractivity contribution in [2.75, 3.05) is 0 Å². The minimum Gasteiger partial charge on any atom is -0.478 e. The molecule has 0 saturated carbocycles. The van der Waals surface area contributed by atoms with E-state index in [1.54, 1.807) is 23.0 Å². The zero-order chi connectivity index (χ0) is 14.2. The van der Waals surface area contributed by atoms with Crippen LogP contribution in [0.4, 0.5) is 0 Å². The number of aromatic nitrogens is 2. The first-order chi connectivity index (χ1) is 8.79. The quantitative estimate of drug-likeness (QED) is 0.914. The number of carbonyl (C=O) groups is 1. The van der Waals surface area contributed by atoms with Gasteiger partial charge in [0.05, 0.1) is 28.3 Å². The summed E-state index contributed by atoms with van der Waals surface area (Å²) < 4.78 is 1.75. The van der Waals surface area contributed by atoms with Gasteiger partial charge < -0.3 is 9.67 Å². The van der Waals surface area contributed by atoms with Gasteiger partial charge in [-0.15, -0.1) is 0 Å². The van der Waals surface area contributed by atoms with Crippen LogP contribution >= 0.6 is 11.6 Å². The second-order valence-electron chi connectivity index (χ2n) is 5.39. The second kappa shape index (κ2) is 4.70. The molecule has 19 heavy (non-hydrogen) atoms. The monoisotopic (exact) mass is 278 g/mol. The van der Waals surface area contributed by atoms with Gasteiger partial charge >= 0.3 is 5.97 Å². The van der Waals surface area contributed by atoms with Gasteiger partial charge in [-0.05, 0) is 18.2 Å². The van der Waals surface area contributed by atoms with Gasteiger partial charge in [-0.25, -0.2) is 9.78 Å². The number of aromatic carboxylic acids is 1. The van der Waals surface area contributed by atoms with E-state index in [9.17, 15) is 4.79 Å². The molecule has 0 aliphatic heterocycles. The number of hydrogen-bond acceptors (Lipinski definition) is 2. The molecule has 1 aromatic heterocycles. The Morgan fingerprint density at radius 1 is 1.37 bits per heavy atom. The summed E-state index contributed by atoms with van der Waals surface area (Å²) in [7, 11) is 0. The van der Waals surface area contributed by atoms with Crippen LogP contribution in [0.2, 0.25) is 5.02 Å². The summed E-state index contributed by atoms with van der Waals surface area (Å²) in [6, 6.07) is 4.60. The van der Waals surface area contributed by atoms with E-state index in [1.165, 1.54) is 6.07 Å². The Labute approximate surface area is 116 Å². The van der Waals surface area contributed by atoms with Gasteiger partial charge in [0.2, 0.25) is 0 Å². The Morgan fingerprint density at radius 2 is 2.05 bits per heavy atom. The lowest BCUT2D eigenvalue weighted by Crippen LogP contribution is -2.11. The van der Waals surface area contributed by atoms with Crippen molar-refractivity contribution in [2.24, 2.45) is 0 Å². The third-order valence-electron chi connectivity index (χ3n) is 2.82. The van der Waals surface area contributed by atoms with Gasteiger partial charge in [-0.3, -0.25) is 0 Å². The molecule has 0 spiro atoms. The molecule has 2 aromatic rings. The van der Waals surface area contributed by atoms with E-state index in [4.69, 9.17) is 16.7 Å². The van der Waals surface area contributed by atoms with Crippen LogP contribution in [-0.2, 0) is 5.41 Å². The normalized spacial score (nSPS) is 11.6. The van der Waals surface area contributed by atoms with E-state index in [0.29, 0.717) is 10.7 Å². The molecule has 5 heteroatoms. The number of imidazole rings is 1. The molecule has 0 unspecified atom stereocenters. The third kappa shape index (κ3) is 2.79. The molecule has 100 valence electrons. The number of carboxylic acid groups (broad SMARTS) is 1. The van der Waals surface area contributed by atoms with Gasteiger partial charge in [0.15, 0.2) is 0 Å². The van der Waals surface area contributed by atoms with Gasteiger partial charge in [0, 0.05) is 11.6 Å². The van der Waals surface area contributed by atoms with Crippen molar-refractivity contribution in [3.8, 4) is 5.69 Å². The lowest BCUT2D eigenvalue weighted by atomic mass is 9.93. The topological polar surface area (TPSA) is 55.1 Å². The van der Waals surface area contributed by atoms with Gasteiger partial charge in [0.1, 0.15) is 0 Å². The summed E-state index contributed by atoms with van der Waals surface area (Å²) in [4.78, 5) is 15.3. The number of nitrogens with zero attached hydrogens (tertiary/aromatic N) is 2. The molecule has 0 aliphatic rings. The molecule has 1 aromatic carbocycles. The van der Waals surface area contributed by atoms with Crippen LogP contribution in [0.15, 0.2) is 30.7 Å². The second-order valence-corrected chi connectivity index (χ2v) is 5.79. The molecule has 2 rings (SSSR count). The molecule has 0 bridgehead atoms. The Bertz CT molecular complexity index is 627. The minimum absolute atomic E-state index is 0.0673. The van der Waals surface area contributed by atoms with Crippen molar-refractivity contribution in [3.63, 3.8) is 0 Å². The summed E-state index contributed by atoms with van der Waals surface area (Å²) in [5, 5.41) is 9.50. The first-order valence-electron chi connectivity index (χ1n) is 5.87. The van der Waals surface area contributed by atoms with E-state index in [0.717, 1.165) is 5.69 Å². The number of halogens is 1. The summed E-state index contributed by atoms with van der Waals surface area (Å²) in [6.45, 7) is 6.19. The summed E-state index contributed by atoms with van der Waals surface area (Å²) in [5.41, 5.74) is 1.67. The van der Waals surface area contributed by atoms with Crippen molar-refractivity contribution >= 4 is 17.6 Å². The van der Waals surface area contributed by atoms with Crippen LogP contribution in [0.25, 0.3) is 5.69 Å². The van der Waals surface area contributed by atoms with Crippen LogP contribution in [-0.4, -0.2) is 20.6 Å². The zero-order valence-electron chi connectivity index (χ0n) is 11.0. The molecule has 0 atom stereocenters. The molecule has 1 heterocycles. The number of rotatable bonds is 2. The Balaban J connectivity index is 2.49. The molecular weight excluding hydrogens is 264 g/mol. The highest BCUT2D eigenvalue weighted by Crippen LogP contribution is 2.25. The summed E-state index contributed by atoms with van der Waals surface area (Å²) in [6.07, 6.45) is 3.51. The van der Waals surface area contributed by atoms with Crippen LogP contribution in [0, 0.1) is 0 Å². The van der Waals surface area contributed by atoms with Crippen LogP contribution in [0.1, 0.15) is 36.8 Å². The predicted octanol–water partition coefficient (Wildman–Crippen LogP) is 3.52. The molecule has 0 amide bonds. The van der Waals surface area contributed by atoms with Crippen molar-refractivity contribution in [1.29, 1.82) is 0 Å². The standard InChI is InChI=1S/C14H15ClN2O2/c1-14(2,3)12-7-17(8-16-12)11-6-9(13(18)19)4-5-10(11)15/h4-8H,1-3H3,(H,18,19). The van der Waals surface area contributed by atoms with E-state index >= 15 is 0 Å². The highest BCUT2D eigenvalue weighted by atomic mass is 35.5.